The number of benzene rings is 2. The van der Waals surface area contributed by atoms with E-state index in [1.807, 2.05) is 6.92 Å². The van der Waals surface area contributed by atoms with Crippen LogP contribution in [0.15, 0.2) is 58.4 Å². The molecule has 0 radical (unpaired) electrons. The number of carbonyl (C=O) groups is 1. The summed E-state index contributed by atoms with van der Waals surface area (Å²) in [4.78, 5) is 28.2. The van der Waals surface area contributed by atoms with E-state index in [-0.39, 0.29) is 15.8 Å². The number of carbonyl (C=O) groups excluding carboxylic acids is 1. The summed E-state index contributed by atoms with van der Waals surface area (Å²) in [6.45, 7) is 4.96. The van der Waals surface area contributed by atoms with Crippen LogP contribution in [0.2, 0.25) is 0 Å². The number of amides is 1. The molecule has 0 unspecified atom stereocenters. The van der Waals surface area contributed by atoms with Gasteiger partial charge in [0.2, 0.25) is 5.43 Å². The van der Waals surface area contributed by atoms with Crippen molar-refractivity contribution in [3.63, 3.8) is 0 Å². The van der Waals surface area contributed by atoms with Crippen LogP contribution in [0.5, 0.6) is 5.75 Å². The van der Waals surface area contributed by atoms with E-state index in [0.717, 1.165) is 25.7 Å². The van der Waals surface area contributed by atoms with Gasteiger partial charge in [-0.1, -0.05) is 26.2 Å². The highest BCUT2D eigenvalue weighted by molar-refractivity contribution is 7.92. The van der Waals surface area contributed by atoms with E-state index in [9.17, 15) is 18.0 Å². The number of anilines is 1. The highest BCUT2D eigenvalue weighted by atomic mass is 32.2. The number of aromatic nitrogens is 1. The van der Waals surface area contributed by atoms with Crippen LogP contribution in [0.3, 0.4) is 0 Å². The molecule has 0 bridgehead atoms. The monoisotopic (exact) mass is 471 g/mol. The largest absolute Gasteiger partial charge is 0.494 e. The fourth-order valence-corrected chi connectivity index (χ4v) is 4.47. The van der Waals surface area contributed by atoms with Crippen molar-refractivity contribution in [3.8, 4) is 5.75 Å². The fourth-order valence-electron chi connectivity index (χ4n) is 3.38. The van der Waals surface area contributed by atoms with Crippen LogP contribution in [0.25, 0.3) is 10.9 Å². The number of fused-ring (bicyclic) bond motifs is 1. The molecule has 8 nitrogen and oxygen atoms in total. The summed E-state index contributed by atoms with van der Waals surface area (Å²) in [5.41, 5.74) is 0.239. The minimum atomic E-state index is -3.95. The number of sulfonamides is 1. The van der Waals surface area contributed by atoms with E-state index in [1.165, 1.54) is 24.4 Å². The molecular formula is C24H29N3O5S. The van der Waals surface area contributed by atoms with Crippen LogP contribution >= 0.6 is 0 Å². The number of ether oxygens (including phenoxy) is 1. The first-order valence-corrected chi connectivity index (χ1v) is 12.5. The predicted octanol–water partition coefficient (Wildman–Crippen LogP) is 4.04. The van der Waals surface area contributed by atoms with Crippen molar-refractivity contribution in [2.45, 2.75) is 44.4 Å². The van der Waals surface area contributed by atoms with Gasteiger partial charge in [-0.15, -0.1) is 0 Å². The van der Waals surface area contributed by atoms with Gasteiger partial charge >= 0.3 is 0 Å². The van der Waals surface area contributed by atoms with E-state index in [0.29, 0.717) is 30.1 Å². The van der Waals surface area contributed by atoms with Crippen molar-refractivity contribution in [2.75, 3.05) is 17.9 Å². The SMILES string of the molecule is CCCCCCNC(=O)c1c[nH]c2ccc(S(=O)(=O)Nc3ccc(OCC)cc3)cc2c1=O. The normalized spacial score (nSPS) is 11.3. The fraction of sp³-hybridized carbons (Fsp3) is 0.333. The third kappa shape index (κ3) is 6.13. The first kappa shape index (κ1) is 24.3. The van der Waals surface area contributed by atoms with Gasteiger partial charge in [0.05, 0.1) is 11.5 Å². The summed E-state index contributed by atoms with van der Waals surface area (Å²) in [5, 5.41) is 2.88. The predicted molar refractivity (Wildman–Crippen MR) is 129 cm³/mol. The van der Waals surface area contributed by atoms with Crippen molar-refractivity contribution in [1.82, 2.24) is 10.3 Å². The average molecular weight is 472 g/mol. The summed E-state index contributed by atoms with van der Waals surface area (Å²) in [5.74, 6) is 0.157. The molecule has 0 atom stereocenters. The van der Waals surface area contributed by atoms with Gasteiger partial charge in [-0.2, -0.15) is 0 Å². The Kier molecular flexibility index (Phi) is 8.11. The Morgan fingerprint density at radius 1 is 1.03 bits per heavy atom. The number of aromatic amines is 1. The van der Waals surface area contributed by atoms with Crippen molar-refractivity contribution in [3.05, 3.63) is 64.4 Å². The number of nitrogens with one attached hydrogen (secondary N) is 3. The Bertz CT molecular complexity index is 1270. The first-order valence-electron chi connectivity index (χ1n) is 11.0. The summed E-state index contributed by atoms with van der Waals surface area (Å²) >= 11 is 0. The molecule has 0 aliphatic rings. The first-order chi connectivity index (χ1) is 15.9. The van der Waals surface area contributed by atoms with E-state index in [1.54, 1.807) is 24.3 Å². The maximum Gasteiger partial charge on any atom is 0.261 e. The number of hydrogen-bond donors (Lipinski definition) is 3. The van der Waals surface area contributed by atoms with Gasteiger partial charge in [0, 0.05) is 29.3 Å². The summed E-state index contributed by atoms with van der Waals surface area (Å²) in [7, 11) is -3.95. The number of hydrogen-bond acceptors (Lipinski definition) is 5. The summed E-state index contributed by atoms with van der Waals surface area (Å²) in [6.07, 6.45) is 5.39. The van der Waals surface area contributed by atoms with Crippen LogP contribution in [0.1, 0.15) is 49.9 Å². The van der Waals surface area contributed by atoms with Gasteiger partial charge in [-0.05, 0) is 55.8 Å². The second-order valence-electron chi connectivity index (χ2n) is 7.62. The van der Waals surface area contributed by atoms with Gasteiger partial charge in [-0.3, -0.25) is 14.3 Å². The molecule has 1 aromatic heterocycles. The van der Waals surface area contributed by atoms with Gasteiger partial charge in [0.1, 0.15) is 11.3 Å². The minimum absolute atomic E-state index is 0.0491. The molecular weight excluding hydrogens is 442 g/mol. The third-order valence-electron chi connectivity index (χ3n) is 5.14. The topological polar surface area (TPSA) is 117 Å². The van der Waals surface area contributed by atoms with Crippen LogP contribution in [-0.2, 0) is 10.0 Å². The zero-order valence-electron chi connectivity index (χ0n) is 18.8. The molecule has 9 heteroatoms. The molecule has 176 valence electrons. The number of rotatable bonds is 11. The average Bonchev–Trinajstić information content (AvgIpc) is 2.80. The number of H-pyrrole nitrogens is 1. The zero-order valence-corrected chi connectivity index (χ0v) is 19.6. The van der Waals surface area contributed by atoms with E-state index in [2.05, 4.69) is 21.9 Å². The second-order valence-corrected chi connectivity index (χ2v) is 9.30. The summed E-state index contributed by atoms with van der Waals surface area (Å²) in [6, 6.07) is 10.7. The lowest BCUT2D eigenvalue weighted by Crippen LogP contribution is -2.29. The van der Waals surface area contributed by atoms with Gasteiger partial charge in [0.15, 0.2) is 0 Å². The molecule has 1 amide bonds. The number of pyridine rings is 1. The highest BCUT2D eigenvalue weighted by Gasteiger charge is 2.18. The summed E-state index contributed by atoms with van der Waals surface area (Å²) < 4.78 is 33.6. The molecule has 2 aromatic carbocycles. The lowest BCUT2D eigenvalue weighted by Gasteiger charge is -2.10. The van der Waals surface area contributed by atoms with E-state index in [4.69, 9.17) is 4.74 Å². The molecule has 0 fully saturated rings. The maximum absolute atomic E-state index is 12.9. The molecule has 0 saturated heterocycles. The molecule has 0 aliphatic carbocycles. The second kappa shape index (κ2) is 11.0. The van der Waals surface area contributed by atoms with Gasteiger partial charge in [0.25, 0.3) is 15.9 Å². The Labute approximate surface area is 193 Å². The minimum Gasteiger partial charge on any atom is -0.494 e. The molecule has 1 heterocycles. The van der Waals surface area contributed by atoms with Crippen LogP contribution in [-0.4, -0.2) is 32.5 Å². The zero-order chi connectivity index (χ0) is 23.8. The van der Waals surface area contributed by atoms with Crippen molar-refractivity contribution in [1.29, 1.82) is 0 Å². The Morgan fingerprint density at radius 2 is 1.79 bits per heavy atom. The van der Waals surface area contributed by atoms with Gasteiger partial charge < -0.3 is 15.0 Å². The lowest BCUT2D eigenvalue weighted by molar-refractivity contribution is 0.0951. The molecule has 3 aromatic rings. The van der Waals surface area contributed by atoms with Crippen molar-refractivity contribution >= 4 is 32.5 Å². The Balaban J connectivity index is 1.82. The van der Waals surface area contributed by atoms with Crippen LogP contribution < -0.4 is 20.2 Å². The smallest absolute Gasteiger partial charge is 0.261 e. The number of unbranched alkanes of at least 4 members (excludes halogenated alkanes) is 3. The van der Waals surface area contributed by atoms with E-state index >= 15 is 0 Å². The van der Waals surface area contributed by atoms with Crippen molar-refractivity contribution in [2.24, 2.45) is 0 Å². The van der Waals surface area contributed by atoms with Crippen LogP contribution in [0.4, 0.5) is 5.69 Å². The third-order valence-corrected chi connectivity index (χ3v) is 6.52. The molecule has 0 spiro atoms. The lowest BCUT2D eigenvalue weighted by atomic mass is 10.1. The Hall–Kier alpha value is -3.33. The molecule has 3 N–H and O–H groups in total. The maximum atomic E-state index is 12.9. The Morgan fingerprint density at radius 3 is 2.48 bits per heavy atom. The molecule has 0 aliphatic heterocycles. The highest BCUT2D eigenvalue weighted by Crippen LogP contribution is 2.21. The molecule has 33 heavy (non-hydrogen) atoms. The quantitative estimate of drug-likeness (QED) is 0.365. The standard InChI is InChI=1S/C24H29N3O5S/c1-3-5-6-7-14-25-24(29)21-16-26-22-13-12-19(15-20(22)23(21)28)33(30,31)27-17-8-10-18(11-9-17)32-4-2/h8-13,15-16,27H,3-7,14H2,1-2H3,(H,25,29)(H,26,28). The van der Waals surface area contributed by atoms with Gasteiger partial charge in [-0.25, -0.2) is 8.42 Å². The van der Waals surface area contributed by atoms with Crippen LogP contribution in [0, 0.1) is 0 Å². The van der Waals surface area contributed by atoms with Crippen molar-refractivity contribution < 1.29 is 17.9 Å². The van der Waals surface area contributed by atoms with E-state index < -0.39 is 21.4 Å². The molecule has 3 rings (SSSR count). The molecule has 0 saturated carbocycles.